The van der Waals surface area contributed by atoms with Crippen molar-refractivity contribution in [1.82, 2.24) is 4.57 Å². The van der Waals surface area contributed by atoms with E-state index in [1.807, 2.05) is 0 Å². The van der Waals surface area contributed by atoms with Crippen LogP contribution in [0.25, 0.3) is 10.9 Å². The molecule has 0 aliphatic heterocycles. The fraction of sp³-hybridized carbons (Fsp3) is 0.471. The third-order valence-corrected chi connectivity index (χ3v) is 4.62. The maximum absolute atomic E-state index is 11.9. The van der Waals surface area contributed by atoms with Gasteiger partial charge in [-0.25, -0.2) is 0 Å². The molecule has 0 unspecified atom stereocenters. The number of hydrogen-bond acceptors (Lipinski definition) is 1. The van der Waals surface area contributed by atoms with Gasteiger partial charge in [-0.15, -0.1) is 0 Å². The molecule has 1 fully saturated rings. The topological polar surface area (TPSA) is 22.0 Å². The third kappa shape index (κ3) is 2.09. The van der Waals surface area contributed by atoms with E-state index in [4.69, 9.17) is 0 Å². The average Bonchev–Trinajstić information content (AvgIpc) is 2.77. The van der Waals surface area contributed by atoms with Gasteiger partial charge in [-0.05, 0) is 37.3 Å². The average molecular weight is 255 g/mol. The number of para-hydroxylation sites is 1. The number of ketones is 1. The summed E-state index contributed by atoms with van der Waals surface area (Å²) in [4.78, 5) is 11.9. The molecule has 1 saturated carbocycles. The van der Waals surface area contributed by atoms with E-state index in [0.717, 1.165) is 12.8 Å². The van der Waals surface area contributed by atoms with Gasteiger partial charge in [0.25, 0.3) is 0 Å². The number of carbonyl (C=O) groups excluding carboxylic acids is 1. The van der Waals surface area contributed by atoms with Crippen molar-refractivity contribution < 1.29 is 4.79 Å². The Labute approximate surface area is 114 Å². The highest BCUT2D eigenvalue weighted by molar-refractivity contribution is 5.86. The lowest BCUT2D eigenvalue weighted by Crippen LogP contribution is -2.23. The lowest BCUT2D eigenvalue weighted by molar-refractivity contribution is -0.122. The molecule has 0 amide bonds. The summed E-state index contributed by atoms with van der Waals surface area (Å²) in [6.45, 7) is 1.76. The summed E-state index contributed by atoms with van der Waals surface area (Å²) in [5.41, 5.74) is 2.64. The van der Waals surface area contributed by atoms with Gasteiger partial charge in [0.15, 0.2) is 0 Å². The second kappa shape index (κ2) is 4.84. The first kappa shape index (κ1) is 12.5. The maximum Gasteiger partial charge on any atom is 0.133 e. The van der Waals surface area contributed by atoms with Crippen molar-refractivity contribution in [3.8, 4) is 0 Å². The van der Waals surface area contributed by atoms with E-state index < -0.39 is 0 Å². The van der Waals surface area contributed by atoms with Crippen LogP contribution in [0.5, 0.6) is 0 Å². The molecule has 0 spiro atoms. The Morgan fingerprint density at radius 2 is 1.95 bits per heavy atom. The molecule has 1 heterocycles. The van der Waals surface area contributed by atoms with Gasteiger partial charge in [0.2, 0.25) is 0 Å². The van der Waals surface area contributed by atoms with Gasteiger partial charge >= 0.3 is 0 Å². The lowest BCUT2D eigenvalue weighted by Gasteiger charge is -2.29. The zero-order valence-electron chi connectivity index (χ0n) is 11.7. The molecule has 19 heavy (non-hydrogen) atoms. The number of fused-ring (bicyclic) bond motifs is 1. The SMILES string of the molecule is CC(=O)[C@H]1CCCC[C@H]1c1cn(C)c2ccccc12. The van der Waals surface area contributed by atoms with E-state index in [2.05, 4.69) is 42.1 Å². The number of nitrogens with zero attached hydrogens (tertiary/aromatic N) is 1. The molecule has 100 valence electrons. The number of Topliss-reactive ketones (excluding diaryl/α,β-unsaturated/α-hetero) is 1. The summed E-state index contributed by atoms with van der Waals surface area (Å²) in [5, 5.41) is 1.32. The van der Waals surface area contributed by atoms with Crippen molar-refractivity contribution in [2.24, 2.45) is 13.0 Å². The van der Waals surface area contributed by atoms with Crippen LogP contribution in [0.3, 0.4) is 0 Å². The van der Waals surface area contributed by atoms with Crippen LogP contribution in [-0.4, -0.2) is 10.4 Å². The van der Waals surface area contributed by atoms with E-state index in [-0.39, 0.29) is 5.92 Å². The number of rotatable bonds is 2. The molecular weight excluding hydrogens is 234 g/mol. The van der Waals surface area contributed by atoms with Crippen LogP contribution in [-0.2, 0) is 11.8 Å². The Kier molecular flexibility index (Phi) is 3.17. The highest BCUT2D eigenvalue weighted by Gasteiger charge is 2.31. The second-order valence-corrected chi connectivity index (χ2v) is 5.82. The minimum atomic E-state index is 0.222. The normalized spacial score (nSPS) is 23.7. The fourth-order valence-corrected chi connectivity index (χ4v) is 3.66. The highest BCUT2D eigenvalue weighted by atomic mass is 16.1. The summed E-state index contributed by atoms with van der Waals surface area (Å²) in [6.07, 6.45) is 6.89. The summed E-state index contributed by atoms with van der Waals surface area (Å²) in [7, 11) is 2.09. The molecule has 1 aromatic heterocycles. The van der Waals surface area contributed by atoms with E-state index in [1.54, 1.807) is 6.92 Å². The first-order chi connectivity index (χ1) is 9.18. The summed E-state index contributed by atoms with van der Waals surface area (Å²) >= 11 is 0. The smallest absolute Gasteiger partial charge is 0.133 e. The maximum atomic E-state index is 11.9. The molecule has 0 saturated heterocycles. The molecule has 2 heteroatoms. The summed E-state index contributed by atoms with van der Waals surface area (Å²) in [5.74, 6) is 0.995. The van der Waals surface area contributed by atoms with Crippen LogP contribution < -0.4 is 0 Å². The van der Waals surface area contributed by atoms with Gasteiger partial charge < -0.3 is 4.57 Å². The van der Waals surface area contributed by atoms with Gasteiger partial charge in [0.1, 0.15) is 5.78 Å². The van der Waals surface area contributed by atoms with Gasteiger partial charge in [0.05, 0.1) is 0 Å². The minimum Gasteiger partial charge on any atom is -0.350 e. The largest absolute Gasteiger partial charge is 0.350 e. The molecule has 0 N–H and O–H groups in total. The van der Waals surface area contributed by atoms with E-state index in [1.165, 1.54) is 29.3 Å². The molecule has 2 nitrogen and oxygen atoms in total. The van der Waals surface area contributed by atoms with Crippen molar-refractivity contribution in [1.29, 1.82) is 0 Å². The molecule has 3 rings (SSSR count). The molecule has 2 aromatic rings. The minimum absolute atomic E-state index is 0.222. The van der Waals surface area contributed by atoms with Crippen molar-refractivity contribution in [3.05, 3.63) is 36.0 Å². The van der Waals surface area contributed by atoms with Crippen molar-refractivity contribution >= 4 is 16.7 Å². The molecular formula is C17H21NO. The lowest BCUT2D eigenvalue weighted by atomic mass is 9.74. The van der Waals surface area contributed by atoms with Crippen LogP contribution in [0.4, 0.5) is 0 Å². The molecule has 1 aliphatic carbocycles. The van der Waals surface area contributed by atoms with E-state index >= 15 is 0 Å². The quantitative estimate of drug-likeness (QED) is 0.793. The Morgan fingerprint density at radius 3 is 2.74 bits per heavy atom. The van der Waals surface area contributed by atoms with Crippen molar-refractivity contribution in [2.45, 2.75) is 38.5 Å². The highest BCUT2D eigenvalue weighted by Crippen LogP contribution is 2.41. The Hall–Kier alpha value is -1.57. The van der Waals surface area contributed by atoms with Crippen LogP contribution in [0.2, 0.25) is 0 Å². The van der Waals surface area contributed by atoms with Crippen LogP contribution in [0.1, 0.15) is 44.1 Å². The summed E-state index contributed by atoms with van der Waals surface area (Å²) in [6, 6.07) is 8.52. The molecule has 0 bridgehead atoms. The van der Waals surface area contributed by atoms with Gasteiger partial charge in [-0.1, -0.05) is 31.0 Å². The predicted octanol–water partition coefficient (Wildman–Crippen LogP) is 4.04. The van der Waals surface area contributed by atoms with Crippen LogP contribution >= 0.6 is 0 Å². The number of benzene rings is 1. The standard InChI is InChI=1S/C17H21NO/c1-12(19)13-7-3-4-8-14(13)16-11-18(2)17-10-6-5-9-15(16)17/h5-6,9-11,13-14H,3-4,7-8H2,1-2H3/t13-,14-/m1/s1. The van der Waals surface area contributed by atoms with Gasteiger partial charge in [0, 0.05) is 30.1 Å². The first-order valence-electron chi connectivity index (χ1n) is 7.23. The molecule has 1 aromatic carbocycles. The van der Waals surface area contributed by atoms with E-state index in [9.17, 15) is 4.79 Å². The number of aromatic nitrogens is 1. The fourth-order valence-electron chi connectivity index (χ4n) is 3.66. The first-order valence-corrected chi connectivity index (χ1v) is 7.23. The van der Waals surface area contributed by atoms with Crippen molar-refractivity contribution in [3.63, 3.8) is 0 Å². The second-order valence-electron chi connectivity index (χ2n) is 5.82. The van der Waals surface area contributed by atoms with Crippen molar-refractivity contribution in [2.75, 3.05) is 0 Å². The number of hydrogen-bond donors (Lipinski definition) is 0. The zero-order valence-corrected chi connectivity index (χ0v) is 11.7. The van der Waals surface area contributed by atoms with E-state index in [0.29, 0.717) is 11.7 Å². The molecule has 1 aliphatic rings. The van der Waals surface area contributed by atoms with Crippen LogP contribution in [0.15, 0.2) is 30.5 Å². The van der Waals surface area contributed by atoms with Gasteiger partial charge in [-0.3, -0.25) is 4.79 Å². The number of carbonyl (C=O) groups is 1. The van der Waals surface area contributed by atoms with Crippen LogP contribution in [0, 0.1) is 5.92 Å². The Bertz CT molecular complexity index is 611. The van der Waals surface area contributed by atoms with Gasteiger partial charge in [-0.2, -0.15) is 0 Å². The third-order valence-electron chi connectivity index (χ3n) is 4.62. The Balaban J connectivity index is 2.09. The Morgan fingerprint density at radius 1 is 1.21 bits per heavy atom. The predicted molar refractivity (Wildman–Crippen MR) is 78.3 cm³/mol. The number of aryl methyl sites for hydroxylation is 1. The molecule has 2 atom stereocenters. The zero-order chi connectivity index (χ0) is 13.4. The monoisotopic (exact) mass is 255 g/mol. The molecule has 0 radical (unpaired) electrons. The summed E-state index contributed by atoms with van der Waals surface area (Å²) < 4.78 is 2.19.